The number of carbonyl (C=O) groups is 2. The molecule has 5 rings (SSSR count). The van der Waals surface area contributed by atoms with Gasteiger partial charge in [-0.2, -0.15) is 0 Å². The molecule has 8 nitrogen and oxygen atoms in total. The highest BCUT2D eigenvalue weighted by Crippen LogP contribution is 2.41. The largest absolute Gasteiger partial charge is 0.477 e. The van der Waals surface area contributed by atoms with E-state index in [1.54, 1.807) is 6.07 Å². The number of carboxylic acid groups (broad SMARTS) is 1. The first-order valence-electron chi connectivity index (χ1n) is 12.1. The fourth-order valence-electron chi connectivity index (χ4n) is 4.77. The highest BCUT2D eigenvalue weighted by atomic mass is 16.5. The normalized spacial score (nSPS) is 12.9. The number of aryl methyl sites for hydroxylation is 3. The average Bonchev–Trinajstić information content (AvgIpc) is 3.69. The average molecular weight is 498 g/mol. The Morgan fingerprint density at radius 2 is 1.76 bits per heavy atom. The van der Waals surface area contributed by atoms with Crippen LogP contribution in [0.3, 0.4) is 0 Å². The van der Waals surface area contributed by atoms with Crippen LogP contribution in [0.25, 0.3) is 22.0 Å². The summed E-state index contributed by atoms with van der Waals surface area (Å²) < 4.78 is 7.29. The number of amides is 1. The number of rotatable bonds is 6. The van der Waals surface area contributed by atoms with Crippen LogP contribution in [-0.4, -0.2) is 26.7 Å². The molecule has 1 aliphatic rings. The van der Waals surface area contributed by atoms with Crippen molar-refractivity contribution in [1.29, 1.82) is 0 Å². The Balaban J connectivity index is 1.70. The maximum atomic E-state index is 13.5. The van der Waals surface area contributed by atoms with Crippen LogP contribution in [0, 0.1) is 20.8 Å². The fraction of sp³-hybridized carbons (Fsp3) is 0.241. The predicted molar refractivity (Wildman–Crippen MR) is 141 cm³/mol. The van der Waals surface area contributed by atoms with Gasteiger partial charge in [-0.25, -0.2) is 9.59 Å². The Hall–Kier alpha value is -4.46. The molecule has 2 heterocycles. The van der Waals surface area contributed by atoms with E-state index in [9.17, 15) is 19.5 Å². The number of carboxylic acids is 1. The van der Waals surface area contributed by atoms with Crippen molar-refractivity contribution in [3.8, 4) is 11.1 Å². The van der Waals surface area contributed by atoms with Crippen LogP contribution in [0.5, 0.6) is 0 Å². The molecule has 0 spiro atoms. The molecule has 8 heteroatoms. The van der Waals surface area contributed by atoms with Crippen molar-refractivity contribution in [3.05, 3.63) is 93.0 Å². The second-order valence-electron chi connectivity index (χ2n) is 9.46. The van der Waals surface area contributed by atoms with Gasteiger partial charge in [0.05, 0.1) is 16.6 Å². The topological polar surface area (TPSA) is 111 Å². The first-order valence-corrected chi connectivity index (χ1v) is 12.1. The van der Waals surface area contributed by atoms with Gasteiger partial charge < -0.3 is 14.4 Å². The Kier molecular flexibility index (Phi) is 6.25. The lowest BCUT2D eigenvalue weighted by molar-refractivity contribution is 0.0694. The highest BCUT2D eigenvalue weighted by molar-refractivity contribution is 6.05. The van der Waals surface area contributed by atoms with Crippen LogP contribution in [0.15, 0.2) is 59.5 Å². The van der Waals surface area contributed by atoms with Crippen molar-refractivity contribution >= 4 is 28.7 Å². The number of nitrogens with one attached hydrogen (secondary N) is 1. The zero-order chi connectivity index (χ0) is 26.3. The van der Waals surface area contributed by atoms with Crippen molar-refractivity contribution in [2.75, 3.05) is 5.32 Å². The van der Waals surface area contributed by atoms with Gasteiger partial charge in [-0.1, -0.05) is 30.3 Å². The van der Waals surface area contributed by atoms with E-state index in [1.807, 2.05) is 67.8 Å². The van der Waals surface area contributed by atoms with Crippen molar-refractivity contribution in [1.82, 2.24) is 9.55 Å². The maximum absolute atomic E-state index is 13.5. The number of carbonyl (C=O) groups excluding carboxylic acids is 1. The summed E-state index contributed by atoms with van der Waals surface area (Å²) in [4.78, 5) is 42.8. The molecule has 2 aromatic heterocycles. The molecule has 0 radical (unpaired) electrons. The van der Waals surface area contributed by atoms with E-state index in [2.05, 4.69) is 10.3 Å². The van der Waals surface area contributed by atoms with Crippen LogP contribution < -0.4 is 10.7 Å². The minimum atomic E-state index is -1.30. The smallest absolute Gasteiger partial charge is 0.411 e. The monoisotopic (exact) mass is 497 g/mol. The number of pyridine rings is 2. The zero-order valence-electron chi connectivity index (χ0n) is 20.9. The molecule has 2 aromatic carbocycles. The standard InChI is InChI=1S/C29H27N3O5/c1-16-11-20(12-17(2)30-16)22-13-24(31-29(36)37-15-19-7-5-4-6-8-19)25-26(18(22)3)32(21-9-10-21)14-23(27(25)33)28(34)35/h4-8,11-14,21H,9-10,15H2,1-3H3,(H,31,36)(H,34,35). The van der Waals surface area contributed by atoms with Crippen LogP contribution in [0.1, 0.15) is 51.8 Å². The van der Waals surface area contributed by atoms with Gasteiger partial charge in [0.2, 0.25) is 5.43 Å². The van der Waals surface area contributed by atoms with E-state index in [4.69, 9.17) is 4.74 Å². The summed E-state index contributed by atoms with van der Waals surface area (Å²) in [7, 11) is 0. The predicted octanol–water partition coefficient (Wildman–Crippen LogP) is 5.77. The Bertz CT molecular complexity index is 1580. The van der Waals surface area contributed by atoms with E-state index in [0.717, 1.165) is 46.5 Å². The van der Waals surface area contributed by atoms with Gasteiger partial charge in [0.15, 0.2) is 0 Å². The Labute approximate surface area is 213 Å². The molecule has 1 fully saturated rings. The summed E-state index contributed by atoms with van der Waals surface area (Å²) >= 11 is 0. The minimum absolute atomic E-state index is 0.0543. The third-order valence-corrected chi connectivity index (χ3v) is 6.56. The molecule has 0 saturated heterocycles. The summed E-state index contributed by atoms with van der Waals surface area (Å²) in [5.41, 5.74) is 4.88. The SMILES string of the molecule is Cc1cc(-c2cc(NC(=O)OCc3ccccc3)c3c(=O)c(C(=O)O)cn(C4CC4)c3c2C)cc(C)n1. The van der Waals surface area contributed by atoms with Crippen molar-refractivity contribution in [2.24, 2.45) is 0 Å². The second kappa shape index (κ2) is 9.54. The number of nitrogens with zero attached hydrogens (tertiary/aromatic N) is 2. The molecule has 2 N–H and O–H groups in total. The molecule has 0 bridgehead atoms. The number of hydrogen-bond donors (Lipinski definition) is 2. The molecule has 1 aliphatic carbocycles. The second-order valence-corrected chi connectivity index (χ2v) is 9.46. The van der Waals surface area contributed by atoms with Crippen molar-refractivity contribution in [2.45, 2.75) is 46.3 Å². The summed E-state index contributed by atoms with van der Waals surface area (Å²) in [6, 6.07) is 15.0. The summed E-state index contributed by atoms with van der Waals surface area (Å²) in [5, 5.41) is 12.7. The molecular weight excluding hydrogens is 470 g/mol. The van der Waals surface area contributed by atoms with Crippen LogP contribution in [0.4, 0.5) is 10.5 Å². The Morgan fingerprint density at radius 3 is 2.38 bits per heavy atom. The molecule has 0 unspecified atom stereocenters. The highest BCUT2D eigenvalue weighted by Gasteiger charge is 2.29. The number of aromatic nitrogens is 2. The lowest BCUT2D eigenvalue weighted by atomic mass is 9.94. The third-order valence-electron chi connectivity index (χ3n) is 6.56. The maximum Gasteiger partial charge on any atom is 0.411 e. The van der Waals surface area contributed by atoms with E-state index in [0.29, 0.717) is 5.52 Å². The lowest BCUT2D eigenvalue weighted by Crippen LogP contribution is -2.22. The first-order chi connectivity index (χ1) is 17.7. The van der Waals surface area contributed by atoms with E-state index >= 15 is 0 Å². The van der Waals surface area contributed by atoms with Gasteiger partial charge in [0.1, 0.15) is 12.2 Å². The van der Waals surface area contributed by atoms with Crippen molar-refractivity contribution in [3.63, 3.8) is 0 Å². The van der Waals surface area contributed by atoms with Gasteiger partial charge in [0.25, 0.3) is 0 Å². The van der Waals surface area contributed by atoms with Crippen LogP contribution in [-0.2, 0) is 11.3 Å². The van der Waals surface area contributed by atoms with Gasteiger partial charge in [-0.15, -0.1) is 0 Å². The summed E-state index contributed by atoms with van der Waals surface area (Å²) in [5.74, 6) is -1.30. The van der Waals surface area contributed by atoms with E-state index in [1.165, 1.54) is 6.20 Å². The van der Waals surface area contributed by atoms with Crippen LogP contribution >= 0.6 is 0 Å². The number of anilines is 1. The van der Waals surface area contributed by atoms with Gasteiger partial charge in [0, 0.05) is 23.6 Å². The Morgan fingerprint density at radius 1 is 1.08 bits per heavy atom. The number of benzene rings is 2. The molecule has 1 amide bonds. The molecule has 0 atom stereocenters. The number of aromatic carboxylic acids is 1. The molecule has 4 aromatic rings. The lowest BCUT2D eigenvalue weighted by Gasteiger charge is -2.20. The van der Waals surface area contributed by atoms with E-state index < -0.39 is 17.5 Å². The van der Waals surface area contributed by atoms with Gasteiger partial charge in [-0.05, 0) is 74.1 Å². The summed E-state index contributed by atoms with van der Waals surface area (Å²) in [6.07, 6.45) is 2.47. The van der Waals surface area contributed by atoms with Crippen molar-refractivity contribution < 1.29 is 19.4 Å². The number of hydrogen-bond acceptors (Lipinski definition) is 5. The summed E-state index contributed by atoms with van der Waals surface area (Å²) in [6.45, 7) is 5.79. The minimum Gasteiger partial charge on any atom is -0.477 e. The fourth-order valence-corrected chi connectivity index (χ4v) is 4.77. The molecule has 37 heavy (non-hydrogen) atoms. The zero-order valence-corrected chi connectivity index (χ0v) is 20.9. The molecule has 188 valence electrons. The molecule has 1 saturated carbocycles. The number of ether oxygens (including phenoxy) is 1. The third kappa shape index (κ3) is 4.82. The molecule has 0 aliphatic heterocycles. The first kappa shape index (κ1) is 24.2. The van der Waals surface area contributed by atoms with Crippen LogP contribution in [0.2, 0.25) is 0 Å². The van der Waals surface area contributed by atoms with Gasteiger partial charge >= 0.3 is 12.1 Å². The van der Waals surface area contributed by atoms with Gasteiger partial charge in [-0.3, -0.25) is 15.1 Å². The van der Waals surface area contributed by atoms with E-state index in [-0.39, 0.29) is 29.3 Å². The molecular formula is C29H27N3O5. The quantitative estimate of drug-likeness (QED) is 0.350. The number of fused-ring (bicyclic) bond motifs is 1.